The number of benzene rings is 5. The molecule has 10 heteroatoms. The molecule has 0 aliphatic heterocycles. The molecule has 1 atom stereocenters. The van der Waals surface area contributed by atoms with Crippen molar-refractivity contribution in [2.45, 2.75) is 17.1 Å². The molecule has 48 heavy (non-hydrogen) atoms. The average Bonchev–Trinajstić information content (AvgIpc) is 3.08. The van der Waals surface area contributed by atoms with Crippen LogP contribution in [-0.2, 0) is 9.59 Å². The first kappa shape index (κ1) is 33.9. The first-order chi connectivity index (χ1) is 23.2. The number of aromatic carboxylic acids is 1. The van der Waals surface area contributed by atoms with Gasteiger partial charge in [-0.15, -0.1) is 11.8 Å². The molecule has 0 saturated carbocycles. The summed E-state index contributed by atoms with van der Waals surface area (Å²) in [5.41, 5.74) is 3.54. The highest BCUT2D eigenvalue weighted by Crippen LogP contribution is 2.37. The Balaban J connectivity index is 1.39. The number of halogens is 1. The minimum atomic E-state index is -1.09. The summed E-state index contributed by atoms with van der Waals surface area (Å²) in [6.45, 7) is 1.79. The number of hydrogen-bond donors (Lipinski definition) is 4. The summed E-state index contributed by atoms with van der Waals surface area (Å²) in [5.74, 6) is -2.40. The fraction of sp³-hybridized carbons (Fsp3) is 0.0526. The Bertz CT molecular complexity index is 2000. The lowest BCUT2D eigenvalue weighted by atomic mass is 10.1. The summed E-state index contributed by atoms with van der Waals surface area (Å²) in [6, 6.07) is 36.8. The highest BCUT2D eigenvalue weighted by molar-refractivity contribution is 9.10. The van der Waals surface area contributed by atoms with Gasteiger partial charge in [0.2, 0.25) is 5.91 Å². The summed E-state index contributed by atoms with van der Waals surface area (Å²) < 4.78 is 0.817. The number of anilines is 2. The second-order valence-corrected chi connectivity index (χ2v) is 12.7. The van der Waals surface area contributed by atoms with Crippen molar-refractivity contribution in [3.05, 3.63) is 165 Å². The zero-order valence-electron chi connectivity index (χ0n) is 25.6. The highest BCUT2D eigenvalue weighted by Gasteiger charge is 2.24. The molecule has 0 aliphatic carbocycles. The molecule has 5 aromatic carbocycles. The van der Waals surface area contributed by atoms with Gasteiger partial charge in [0.15, 0.2) is 0 Å². The number of aryl methyl sites for hydroxylation is 1. The lowest BCUT2D eigenvalue weighted by Gasteiger charge is -2.19. The minimum absolute atomic E-state index is 0.0421. The van der Waals surface area contributed by atoms with Crippen molar-refractivity contribution in [3.63, 3.8) is 0 Å². The van der Waals surface area contributed by atoms with Gasteiger partial charge in [-0.2, -0.15) is 0 Å². The van der Waals surface area contributed by atoms with Gasteiger partial charge in [0, 0.05) is 26.3 Å². The molecule has 4 N–H and O–H groups in total. The van der Waals surface area contributed by atoms with E-state index in [0.717, 1.165) is 15.6 Å². The third-order valence-corrected chi connectivity index (χ3v) is 8.86. The van der Waals surface area contributed by atoms with Gasteiger partial charge >= 0.3 is 5.97 Å². The Hall–Kier alpha value is -5.45. The van der Waals surface area contributed by atoms with E-state index in [9.17, 15) is 24.3 Å². The van der Waals surface area contributed by atoms with Crippen LogP contribution in [0, 0.1) is 6.92 Å². The number of rotatable bonds is 11. The average molecular weight is 721 g/mol. The molecule has 5 rings (SSSR count). The van der Waals surface area contributed by atoms with Crippen molar-refractivity contribution in [2.75, 3.05) is 10.6 Å². The molecule has 0 saturated heterocycles. The largest absolute Gasteiger partial charge is 0.478 e. The number of nitrogens with one attached hydrogen (secondary N) is 3. The van der Waals surface area contributed by atoms with Crippen LogP contribution in [0.4, 0.5) is 11.4 Å². The second-order valence-electron chi connectivity index (χ2n) is 10.6. The molecule has 0 heterocycles. The SMILES string of the molecule is Cc1ccc(C(=O)O)cc1NC(=O)C(Sc1cccc(NC(=O)/C(=C\c2cccc(Br)c2)NC(=O)c2ccccc2)c1)c1ccccc1. The van der Waals surface area contributed by atoms with E-state index in [2.05, 4.69) is 31.9 Å². The molecule has 0 spiro atoms. The van der Waals surface area contributed by atoms with Crippen molar-refractivity contribution >= 4 is 68.8 Å². The molecule has 0 bridgehead atoms. The van der Waals surface area contributed by atoms with E-state index < -0.39 is 23.0 Å². The fourth-order valence-electron chi connectivity index (χ4n) is 4.68. The smallest absolute Gasteiger partial charge is 0.335 e. The first-order valence-electron chi connectivity index (χ1n) is 14.8. The zero-order valence-corrected chi connectivity index (χ0v) is 28.0. The van der Waals surface area contributed by atoms with E-state index in [-0.39, 0.29) is 17.2 Å². The number of thioether (sulfide) groups is 1. The number of carbonyl (C=O) groups is 4. The number of carbonyl (C=O) groups excluding carboxylic acids is 3. The van der Waals surface area contributed by atoms with Gasteiger partial charge in [0.25, 0.3) is 11.8 Å². The normalized spacial score (nSPS) is 11.7. The Morgan fingerprint density at radius 1 is 0.750 bits per heavy atom. The first-order valence-corrected chi connectivity index (χ1v) is 16.4. The third-order valence-electron chi connectivity index (χ3n) is 7.12. The predicted molar refractivity (Wildman–Crippen MR) is 193 cm³/mol. The summed E-state index contributed by atoms with van der Waals surface area (Å²) in [6.07, 6.45) is 1.59. The van der Waals surface area contributed by atoms with Crippen LogP contribution >= 0.6 is 27.7 Å². The lowest BCUT2D eigenvalue weighted by molar-refractivity contribution is -0.116. The van der Waals surface area contributed by atoms with Gasteiger partial charge in [0.05, 0.1) is 5.56 Å². The summed E-state index contributed by atoms with van der Waals surface area (Å²) in [4.78, 5) is 52.6. The molecule has 1 unspecified atom stereocenters. The molecule has 0 aliphatic rings. The van der Waals surface area contributed by atoms with Crippen molar-refractivity contribution < 1.29 is 24.3 Å². The molecule has 240 valence electrons. The molecule has 0 fully saturated rings. The maximum atomic E-state index is 13.7. The van der Waals surface area contributed by atoms with Gasteiger partial charge in [-0.05, 0) is 84.3 Å². The number of amides is 3. The van der Waals surface area contributed by atoms with Crippen molar-refractivity contribution in [1.29, 1.82) is 0 Å². The van der Waals surface area contributed by atoms with Crippen molar-refractivity contribution in [2.24, 2.45) is 0 Å². The van der Waals surface area contributed by atoms with Crippen LogP contribution in [0.15, 0.2) is 142 Å². The highest BCUT2D eigenvalue weighted by atomic mass is 79.9. The van der Waals surface area contributed by atoms with Crippen LogP contribution in [-0.4, -0.2) is 28.8 Å². The van der Waals surface area contributed by atoms with Gasteiger partial charge in [-0.3, -0.25) is 14.4 Å². The molecular formula is C38H30BrN3O5S. The van der Waals surface area contributed by atoms with Crippen LogP contribution in [0.25, 0.3) is 6.08 Å². The summed E-state index contributed by atoms with van der Waals surface area (Å²) >= 11 is 4.72. The molecular weight excluding hydrogens is 690 g/mol. The quantitative estimate of drug-likeness (QED) is 0.0804. The molecule has 8 nitrogen and oxygen atoms in total. The predicted octanol–water partition coefficient (Wildman–Crippen LogP) is 8.34. The monoisotopic (exact) mass is 719 g/mol. The lowest BCUT2D eigenvalue weighted by Crippen LogP contribution is -2.30. The van der Waals surface area contributed by atoms with E-state index in [1.165, 1.54) is 23.9 Å². The van der Waals surface area contributed by atoms with Gasteiger partial charge in [-0.25, -0.2) is 4.79 Å². The minimum Gasteiger partial charge on any atom is -0.478 e. The molecule has 0 aromatic heterocycles. The maximum Gasteiger partial charge on any atom is 0.335 e. The van der Waals surface area contributed by atoms with Crippen LogP contribution in [0.1, 0.15) is 42.7 Å². The Kier molecular flexibility index (Phi) is 11.2. The Morgan fingerprint density at radius 2 is 1.46 bits per heavy atom. The number of hydrogen-bond acceptors (Lipinski definition) is 5. The van der Waals surface area contributed by atoms with Gasteiger partial charge in [-0.1, -0.05) is 88.7 Å². The van der Waals surface area contributed by atoms with Gasteiger partial charge in [0.1, 0.15) is 10.9 Å². The van der Waals surface area contributed by atoms with Crippen molar-refractivity contribution in [3.8, 4) is 0 Å². The number of carboxylic acid groups (broad SMARTS) is 1. The molecule has 3 amide bonds. The zero-order chi connectivity index (χ0) is 34.0. The van der Waals surface area contributed by atoms with E-state index in [1.54, 1.807) is 67.6 Å². The fourth-order valence-corrected chi connectivity index (χ4v) is 6.18. The molecule has 5 aromatic rings. The van der Waals surface area contributed by atoms with E-state index in [0.29, 0.717) is 27.4 Å². The van der Waals surface area contributed by atoms with Crippen LogP contribution < -0.4 is 16.0 Å². The standard InChI is InChI=1S/C38H30BrN3O5S/c1-24-18-19-28(38(46)47)22-32(24)41-37(45)34(26-11-4-2-5-12-26)48-31-17-9-16-30(23-31)40-36(44)33(21-25-10-8-15-29(39)20-25)42-35(43)27-13-6-3-7-14-27/h2-23,34H,1H3,(H,40,44)(H,41,45)(H,42,43)(H,46,47)/b33-21+. The molecule has 0 radical (unpaired) electrons. The Morgan fingerprint density at radius 3 is 2.17 bits per heavy atom. The van der Waals surface area contributed by atoms with E-state index >= 15 is 0 Å². The Labute approximate surface area is 290 Å². The number of carboxylic acids is 1. The van der Waals surface area contributed by atoms with E-state index in [1.807, 2.05) is 60.7 Å². The van der Waals surface area contributed by atoms with Gasteiger partial charge < -0.3 is 21.1 Å². The van der Waals surface area contributed by atoms with Crippen LogP contribution in [0.3, 0.4) is 0 Å². The maximum absolute atomic E-state index is 13.7. The summed E-state index contributed by atoms with van der Waals surface area (Å²) in [5, 5.41) is 17.3. The second kappa shape index (κ2) is 15.9. The third kappa shape index (κ3) is 9.09. The van der Waals surface area contributed by atoms with Crippen molar-refractivity contribution in [1.82, 2.24) is 5.32 Å². The van der Waals surface area contributed by atoms with Crippen LogP contribution in [0.2, 0.25) is 0 Å². The topological polar surface area (TPSA) is 125 Å². The summed E-state index contributed by atoms with van der Waals surface area (Å²) in [7, 11) is 0. The van der Waals surface area contributed by atoms with E-state index in [4.69, 9.17) is 0 Å². The van der Waals surface area contributed by atoms with Crippen LogP contribution in [0.5, 0.6) is 0 Å².